The molecule has 26 heavy (non-hydrogen) atoms. The van der Waals surface area contributed by atoms with E-state index >= 15 is 0 Å². The van der Waals surface area contributed by atoms with Crippen LogP contribution in [-0.4, -0.2) is 37.7 Å². The number of aromatic nitrogens is 4. The zero-order valence-electron chi connectivity index (χ0n) is 14.4. The van der Waals surface area contributed by atoms with Gasteiger partial charge in [-0.25, -0.2) is 9.97 Å². The van der Waals surface area contributed by atoms with E-state index in [1.54, 1.807) is 12.4 Å². The van der Waals surface area contributed by atoms with Crippen molar-refractivity contribution in [3.8, 4) is 0 Å². The first-order valence-corrected chi connectivity index (χ1v) is 9.12. The maximum absolute atomic E-state index is 6.15. The van der Waals surface area contributed by atoms with Crippen LogP contribution in [0.5, 0.6) is 0 Å². The quantitative estimate of drug-likeness (QED) is 0.750. The Bertz CT molecular complexity index is 850. The number of anilines is 1. The lowest BCUT2D eigenvalue weighted by Gasteiger charge is -2.24. The Balaban J connectivity index is 1.48. The van der Waals surface area contributed by atoms with Gasteiger partial charge in [0.1, 0.15) is 0 Å². The Morgan fingerprint density at radius 1 is 1.08 bits per heavy atom. The molecule has 0 spiro atoms. The molecule has 0 amide bonds. The number of benzene rings is 1. The van der Waals surface area contributed by atoms with E-state index in [9.17, 15) is 0 Å². The van der Waals surface area contributed by atoms with Gasteiger partial charge in [0, 0.05) is 62.3 Å². The van der Waals surface area contributed by atoms with Crippen molar-refractivity contribution in [2.45, 2.75) is 19.6 Å². The Morgan fingerprint density at radius 3 is 2.81 bits per heavy atom. The van der Waals surface area contributed by atoms with Crippen LogP contribution in [0.25, 0.3) is 0 Å². The second kappa shape index (κ2) is 7.85. The number of rotatable bonds is 5. The van der Waals surface area contributed by atoms with E-state index in [1.807, 2.05) is 30.5 Å². The molecule has 1 aromatic carbocycles. The Hall–Kier alpha value is -2.44. The highest BCUT2D eigenvalue weighted by Gasteiger charge is 2.22. The third kappa shape index (κ3) is 4.20. The summed E-state index contributed by atoms with van der Waals surface area (Å²) in [6.07, 6.45) is 5.38. The molecule has 0 saturated carbocycles. The van der Waals surface area contributed by atoms with E-state index in [0.717, 1.165) is 37.7 Å². The van der Waals surface area contributed by atoms with Gasteiger partial charge in [0.2, 0.25) is 5.95 Å². The summed E-state index contributed by atoms with van der Waals surface area (Å²) < 4.78 is 2.11. The van der Waals surface area contributed by atoms with Crippen molar-refractivity contribution in [3.63, 3.8) is 0 Å². The molecule has 2 aromatic heterocycles. The monoisotopic (exact) mass is 368 g/mol. The van der Waals surface area contributed by atoms with Crippen molar-refractivity contribution >= 4 is 17.5 Å². The van der Waals surface area contributed by atoms with Crippen molar-refractivity contribution < 1.29 is 0 Å². The van der Waals surface area contributed by atoms with E-state index in [1.165, 1.54) is 11.3 Å². The fraction of sp³-hybridized carbons (Fsp3) is 0.316. The zero-order chi connectivity index (χ0) is 17.8. The number of hydrogen-bond donors (Lipinski definition) is 1. The molecule has 0 bridgehead atoms. The van der Waals surface area contributed by atoms with Gasteiger partial charge in [-0.1, -0.05) is 23.7 Å². The number of halogens is 1. The fourth-order valence-electron chi connectivity index (χ4n) is 3.39. The summed E-state index contributed by atoms with van der Waals surface area (Å²) in [5.74, 6) is 1.07. The SMILES string of the molecule is Clc1cccc(CN2Cc3ccnn3C[C@@H](CNc3ncccn3)C2)c1. The lowest BCUT2D eigenvalue weighted by Crippen LogP contribution is -2.31. The van der Waals surface area contributed by atoms with Crippen molar-refractivity contribution in [1.29, 1.82) is 0 Å². The molecule has 0 aliphatic carbocycles. The van der Waals surface area contributed by atoms with Gasteiger partial charge in [-0.3, -0.25) is 9.58 Å². The average Bonchev–Trinajstić information content (AvgIpc) is 3.00. The largest absolute Gasteiger partial charge is 0.354 e. The van der Waals surface area contributed by atoms with E-state index in [2.05, 4.69) is 42.1 Å². The van der Waals surface area contributed by atoms with Crippen molar-refractivity contribution in [2.75, 3.05) is 18.4 Å². The molecular formula is C19H21ClN6. The number of hydrogen-bond acceptors (Lipinski definition) is 5. The molecule has 6 nitrogen and oxygen atoms in total. The predicted octanol–water partition coefficient (Wildman–Crippen LogP) is 3.07. The number of nitrogens with one attached hydrogen (secondary N) is 1. The zero-order valence-corrected chi connectivity index (χ0v) is 15.2. The van der Waals surface area contributed by atoms with Crippen LogP contribution < -0.4 is 5.32 Å². The second-order valence-electron chi connectivity index (χ2n) is 6.62. The summed E-state index contributed by atoms with van der Waals surface area (Å²) >= 11 is 6.15. The number of fused-ring (bicyclic) bond motifs is 1. The Kier molecular flexibility index (Phi) is 5.13. The van der Waals surface area contributed by atoms with Gasteiger partial charge in [-0.15, -0.1) is 0 Å². The fourth-order valence-corrected chi connectivity index (χ4v) is 3.60. The van der Waals surface area contributed by atoms with E-state index in [-0.39, 0.29) is 0 Å². The summed E-state index contributed by atoms with van der Waals surface area (Å²) in [5, 5.41) is 8.61. The topological polar surface area (TPSA) is 58.9 Å². The lowest BCUT2D eigenvalue weighted by molar-refractivity contribution is 0.225. The molecule has 1 aliphatic heterocycles. The highest BCUT2D eigenvalue weighted by molar-refractivity contribution is 6.30. The molecule has 3 heterocycles. The molecule has 0 fully saturated rings. The molecule has 0 unspecified atom stereocenters. The number of nitrogens with zero attached hydrogens (tertiary/aromatic N) is 5. The molecule has 134 valence electrons. The third-order valence-electron chi connectivity index (χ3n) is 4.55. The smallest absolute Gasteiger partial charge is 0.222 e. The Morgan fingerprint density at radius 2 is 1.96 bits per heavy atom. The summed E-state index contributed by atoms with van der Waals surface area (Å²) in [6.45, 7) is 4.40. The third-order valence-corrected chi connectivity index (χ3v) is 4.78. The van der Waals surface area contributed by atoms with Gasteiger partial charge in [0.25, 0.3) is 0 Å². The van der Waals surface area contributed by atoms with Gasteiger partial charge < -0.3 is 5.32 Å². The van der Waals surface area contributed by atoms with Crippen molar-refractivity contribution in [2.24, 2.45) is 5.92 Å². The molecule has 1 aliphatic rings. The Labute approximate surface area is 157 Å². The molecular weight excluding hydrogens is 348 g/mol. The molecule has 4 rings (SSSR count). The lowest BCUT2D eigenvalue weighted by atomic mass is 10.1. The van der Waals surface area contributed by atoms with Crippen LogP contribution in [0.15, 0.2) is 55.0 Å². The van der Waals surface area contributed by atoms with E-state index in [0.29, 0.717) is 11.9 Å². The van der Waals surface area contributed by atoms with Gasteiger partial charge in [-0.05, 0) is 29.8 Å². The summed E-state index contributed by atoms with van der Waals surface area (Å²) in [5.41, 5.74) is 2.47. The van der Waals surface area contributed by atoms with Crippen LogP contribution in [0.2, 0.25) is 5.02 Å². The molecule has 0 saturated heterocycles. The minimum Gasteiger partial charge on any atom is -0.354 e. The minimum atomic E-state index is 0.402. The van der Waals surface area contributed by atoms with E-state index in [4.69, 9.17) is 11.6 Å². The first-order valence-electron chi connectivity index (χ1n) is 8.74. The van der Waals surface area contributed by atoms with Crippen LogP contribution in [0.1, 0.15) is 11.3 Å². The van der Waals surface area contributed by atoms with Crippen LogP contribution in [0, 0.1) is 5.92 Å². The van der Waals surface area contributed by atoms with Gasteiger partial charge in [0.05, 0.1) is 5.69 Å². The maximum atomic E-state index is 6.15. The summed E-state index contributed by atoms with van der Waals surface area (Å²) in [7, 11) is 0. The van der Waals surface area contributed by atoms with Crippen LogP contribution in [0.4, 0.5) is 5.95 Å². The van der Waals surface area contributed by atoms with Crippen LogP contribution >= 0.6 is 11.6 Å². The first-order chi connectivity index (χ1) is 12.8. The first kappa shape index (κ1) is 17.0. The van der Waals surface area contributed by atoms with Crippen molar-refractivity contribution in [3.05, 3.63) is 71.3 Å². The normalized spacial score (nSPS) is 17.5. The molecule has 0 radical (unpaired) electrons. The average molecular weight is 369 g/mol. The molecule has 1 atom stereocenters. The van der Waals surface area contributed by atoms with Crippen LogP contribution in [-0.2, 0) is 19.6 Å². The van der Waals surface area contributed by atoms with Gasteiger partial charge >= 0.3 is 0 Å². The van der Waals surface area contributed by atoms with Crippen LogP contribution in [0.3, 0.4) is 0 Å². The second-order valence-corrected chi connectivity index (χ2v) is 7.06. The van der Waals surface area contributed by atoms with E-state index < -0.39 is 0 Å². The highest BCUT2D eigenvalue weighted by Crippen LogP contribution is 2.20. The molecule has 7 heteroatoms. The summed E-state index contributed by atoms with van der Waals surface area (Å²) in [6, 6.07) is 12.0. The van der Waals surface area contributed by atoms with Gasteiger partial charge in [0.15, 0.2) is 0 Å². The molecule has 3 aromatic rings. The molecule has 1 N–H and O–H groups in total. The maximum Gasteiger partial charge on any atom is 0.222 e. The standard InChI is InChI=1S/C19H21ClN6/c20-17-4-1-3-15(9-17)11-25-12-16(10-23-19-21-6-2-7-22-19)13-26-18(14-25)5-8-24-26/h1-9,16H,10-14H2,(H,21,22,23)/t16-/m0/s1. The van der Waals surface area contributed by atoms with Gasteiger partial charge in [-0.2, -0.15) is 5.10 Å². The minimum absolute atomic E-state index is 0.402. The summed E-state index contributed by atoms with van der Waals surface area (Å²) in [4.78, 5) is 10.9. The van der Waals surface area contributed by atoms with Crippen molar-refractivity contribution in [1.82, 2.24) is 24.6 Å². The predicted molar refractivity (Wildman–Crippen MR) is 102 cm³/mol. The highest BCUT2D eigenvalue weighted by atomic mass is 35.5.